The number of hydrogen-bond donors (Lipinski definition) is 0. The van der Waals surface area contributed by atoms with Gasteiger partial charge in [-0.15, -0.1) is 0 Å². The van der Waals surface area contributed by atoms with E-state index >= 15 is 0 Å². The minimum absolute atomic E-state index is 0.0528. The number of nitrogens with zero attached hydrogens (tertiary/aromatic N) is 4. The van der Waals surface area contributed by atoms with Gasteiger partial charge in [-0.25, -0.2) is 18.7 Å². The molecule has 1 amide bonds. The van der Waals surface area contributed by atoms with Crippen molar-refractivity contribution in [1.82, 2.24) is 9.97 Å². The maximum Gasteiger partial charge on any atom is 0.259 e. The lowest BCUT2D eigenvalue weighted by molar-refractivity contribution is 0.0985. The zero-order valence-corrected chi connectivity index (χ0v) is 13.4. The van der Waals surface area contributed by atoms with Crippen LogP contribution in [0.15, 0.2) is 42.5 Å². The molecule has 0 unspecified atom stereocenters. The van der Waals surface area contributed by atoms with Crippen LogP contribution < -0.4 is 9.80 Å². The minimum atomic E-state index is -0.790. The predicted octanol–water partition coefficient (Wildman–Crippen LogP) is 3.00. The molecule has 5 nitrogen and oxygen atoms in total. The van der Waals surface area contributed by atoms with Crippen LogP contribution in [0.5, 0.6) is 0 Å². The van der Waals surface area contributed by atoms with Gasteiger partial charge in [-0.05, 0) is 24.3 Å². The maximum atomic E-state index is 13.5. The van der Waals surface area contributed by atoms with Crippen molar-refractivity contribution in [3.8, 4) is 0 Å². The van der Waals surface area contributed by atoms with Crippen LogP contribution in [0.3, 0.4) is 0 Å². The summed E-state index contributed by atoms with van der Waals surface area (Å²) in [7, 11) is 1.87. The van der Waals surface area contributed by atoms with Crippen molar-refractivity contribution in [2.75, 3.05) is 29.9 Å². The number of benzene rings is 2. The van der Waals surface area contributed by atoms with Crippen molar-refractivity contribution >= 4 is 28.6 Å². The van der Waals surface area contributed by atoms with Crippen LogP contribution >= 0.6 is 0 Å². The lowest BCUT2D eigenvalue weighted by Gasteiger charge is -2.33. The largest absolute Gasteiger partial charge is 0.355 e. The average molecular weight is 340 g/mol. The molecule has 1 aromatic heterocycles. The van der Waals surface area contributed by atoms with Gasteiger partial charge in [-0.1, -0.05) is 12.1 Å². The summed E-state index contributed by atoms with van der Waals surface area (Å²) in [5, 5.41) is 0. The molecule has 0 saturated carbocycles. The van der Waals surface area contributed by atoms with E-state index in [-0.39, 0.29) is 5.56 Å². The van der Waals surface area contributed by atoms with Gasteiger partial charge >= 0.3 is 0 Å². The molecule has 2 heterocycles. The van der Waals surface area contributed by atoms with Crippen LogP contribution in [0.25, 0.3) is 11.0 Å². The Morgan fingerprint density at radius 2 is 1.56 bits per heavy atom. The van der Waals surface area contributed by atoms with Crippen molar-refractivity contribution in [1.29, 1.82) is 0 Å². The number of para-hydroxylation sites is 2. The van der Waals surface area contributed by atoms with Gasteiger partial charge in [0, 0.05) is 31.8 Å². The summed E-state index contributed by atoms with van der Waals surface area (Å²) in [6, 6.07) is 10.1. The van der Waals surface area contributed by atoms with E-state index in [2.05, 4.69) is 9.97 Å². The molecule has 0 aliphatic carbocycles. The maximum absolute atomic E-state index is 13.5. The molecule has 0 radical (unpaired) electrons. The van der Waals surface area contributed by atoms with E-state index in [0.717, 1.165) is 23.7 Å². The van der Waals surface area contributed by atoms with E-state index in [0.29, 0.717) is 30.2 Å². The van der Waals surface area contributed by atoms with E-state index in [1.165, 1.54) is 4.90 Å². The van der Waals surface area contributed by atoms with Crippen molar-refractivity contribution in [3.63, 3.8) is 0 Å². The third kappa shape index (κ3) is 2.67. The Labute approximate surface area is 142 Å². The minimum Gasteiger partial charge on any atom is -0.355 e. The average Bonchev–Trinajstić information content (AvgIpc) is 2.59. The lowest BCUT2D eigenvalue weighted by Crippen LogP contribution is -2.43. The SMILES string of the molecule is CN1CCN(C(=O)c2cc(F)cc(F)c2)c2nc3ccccc3nc21. The van der Waals surface area contributed by atoms with Gasteiger partial charge < -0.3 is 4.90 Å². The molecule has 4 rings (SSSR count). The second kappa shape index (κ2) is 5.77. The number of fused-ring (bicyclic) bond motifs is 2. The highest BCUT2D eigenvalue weighted by Crippen LogP contribution is 2.31. The highest BCUT2D eigenvalue weighted by molar-refractivity contribution is 6.07. The number of halogens is 2. The van der Waals surface area contributed by atoms with Crippen molar-refractivity contribution in [2.45, 2.75) is 0 Å². The first kappa shape index (κ1) is 15.4. The molecule has 2 aromatic carbocycles. The Morgan fingerprint density at radius 1 is 0.960 bits per heavy atom. The first-order chi connectivity index (χ1) is 12.0. The molecule has 0 fully saturated rings. The number of hydrogen-bond acceptors (Lipinski definition) is 4. The Bertz CT molecular complexity index is 972. The summed E-state index contributed by atoms with van der Waals surface area (Å²) >= 11 is 0. The van der Waals surface area contributed by atoms with Gasteiger partial charge in [0.15, 0.2) is 11.6 Å². The van der Waals surface area contributed by atoms with Gasteiger partial charge in [0.25, 0.3) is 5.91 Å². The molecule has 7 heteroatoms. The molecule has 1 aliphatic heterocycles. The van der Waals surface area contributed by atoms with Crippen LogP contribution in [0.4, 0.5) is 20.4 Å². The Morgan fingerprint density at radius 3 is 2.20 bits per heavy atom. The summed E-state index contributed by atoms with van der Waals surface area (Å²) < 4.78 is 26.9. The van der Waals surface area contributed by atoms with Crippen molar-refractivity contribution < 1.29 is 13.6 Å². The predicted molar refractivity (Wildman–Crippen MR) is 90.8 cm³/mol. The zero-order chi connectivity index (χ0) is 17.6. The number of aromatic nitrogens is 2. The van der Waals surface area contributed by atoms with Gasteiger partial charge in [0.05, 0.1) is 11.0 Å². The Balaban J connectivity index is 1.83. The molecule has 1 aliphatic rings. The summed E-state index contributed by atoms with van der Waals surface area (Å²) in [5.41, 5.74) is 1.32. The Hall–Kier alpha value is -3.09. The van der Waals surface area contributed by atoms with Crippen molar-refractivity contribution in [2.24, 2.45) is 0 Å². The summed E-state index contributed by atoms with van der Waals surface area (Å²) in [4.78, 5) is 25.3. The quantitative estimate of drug-likeness (QED) is 0.683. The second-order valence-electron chi connectivity index (χ2n) is 5.90. The highest BCUT2D eigenvalue weighted by atomic mass is 19.1. The third-order valence-electron chi connectivity index (χ3n) is 4.17. The first-order valence-electron chi connectivity index (χ1n) is 7.79. The van der Waals surface area contributed by atoms with E-state index in [9.17, 15) is 13.6 Å². The first-order valence-corrected chi connectivity index (χ1v) is 7.79. The normalized spacial score (nSPS) is 13.9. The van der Waals surface area contributed by atoms with Crippen molar-refractivity contribution in [3.05, 3.63) is 59.7 Å². The van der Waals surface area contributed by atoms with Gasteiger partial charge in [-0.2, -0.15) is 0 Å². The standard InChI is InChI=1S/C18H14F2N4O/c1-23-6-7-24(18(25)11-8-12(19)10-13(20)9-11)17-16(23)21-14-4-2-3-5-15(14)22-17/h2-5,8-10H,6-7H2,1H3. The van der Waals surface area contributed by atoms with E-state index in [1.54, 1.807) is 0 Å². The van der Waals surface area contributed by atoms with E-state index < -0.39 is 17.5 Å². The molecule has 25 heavy (non-hydrogen) atoms. The number of likely N-dealkylation sites (N-methyl/N-ethyl adjacent to an activating group) is 1. The topological polar surface area (TPSA) is 49.3 Å². The van der Waals surface area contributed by atoms with Gasteiger partial charge in [0.2, 0.25) is 0 Å². The Kier molecular flexibility index (Phi) is 3.56. The van der Waals surface area contributed by atoms with E-state index in [4.69, 9.17) is 0 Å². The monoisotopic (exact) mass is 340 g/mol. The third-order valence-corrected chi connectivity index (χ3v) is 4.17. The van der Waals surface area contributed by atoms with Crippen LogP contribution in [0, 0.1) is 11.6 Å². The molecular weight excluding hydrogens is 326 g/mol. The fourth-order valence-electron chi connectivity index (χ4n) is 2.91. The van der Waals surface area contributed by atoms with Gasteiger partial charge in [0.1, 0.15) is 11.6 Å². The summed E-state index contributed by atoms with van der Waals surface area (Å²) in [5.74, 6) is -1.13. The number of anilines is 2. The molecule has 0 spiro atoms. The van der Waals surface area contributed by atoms with Crippen LogP contribution in [-0.2, 0) is 0 Å². The fraction of sp³-hybridized carbons (Fsp3) is 0.167. The second-order valence-corrected chi connectivity index (χ2v) is 5.90. The number of amides is 1. The van der Waals surface area contributed by atoms with E-state index in [1.807, 2.05) is 36.2 Å². The van der Waals surface area contributed by atoms with Crippen LogP contribution in [-0.4, -0.2) is 36.0 Å². The summed E-state index contributed by atoms with van der Waals surface area (Å²) in [6.45, 7) is 0.900. The zero-order valence-electron chi connectivity index (χ0n) is 13.4. The number of rotatable bonds is 1. The number of carbonyl (C=O) groups excluding carboxylic acids is 1. The van der Waals surface area contributed by atoms with Gasteiger partial charge in [-0.3, -0.25) is 9.69 Å². The van der Waals surface area contributed by atoms with Crippen LogP contribution in [0.2, 0.25) is 0 Å². The molecule has 0 bridgehead atoms. The summed E-state index contributed by atoms with van der Waals surface area (Å²) in [6.07, 6.45) is 0. The molecular formula is C18H14F2N4O. The fourth-order valence-corrected chi connectivity index (χ4v) is 2.91. The van der Waals surface area contributed by atoms with Crippen LogP contribution in [0.1, 0.15) is 10.4 Å². The molecule has 0 atom stereocenters. The molecule has 0 saturated heterocycles. The lowest BCUT2D eigenvalue weighted by atomic mass is 10.1. The number of carbonyl (C=O) groups is 1. The molecule has 126 valence electrons. The highest BCUT2D eigenvalue weighted by Gasteiger charge is 2.29. The molecule has 0 N–H and O–H groups in total. The smallest absolute Gasteiger partial charge is 0.259 e. The molecule has 3 aromatic rings.